The average Bonchev–Trinajstić information content (AvgIpc) is 3.07. The molecule has 0 saturated heterocycles. The second kappa shape index (κ2) is 8.02. The van der Waals surface area contributed by atoms with Crippen LogP contribution in [0.1, 0.15) is 27.0 Å². The number of amides is 1. The Kier molecular flexibility index (Phi) is 5.12. The van der Waals surface area contributed by atoms with Crippen LogP contribution in [0, 0.1) is 0 Å². The number of benzene rings is 3. The molecule has 0 atom stereocenters. The van der Waals surface area contributed by atoms with Crippen LogP contribution >= 0.6 is 0 Å². The lowest BCUT2D eigenvalue weighted by atomic mass is 10.0. The third-order valence-electron chi connectivity index (χ3n) is 4.68. The lowest BCUT2D eigenvalue weighted by Crippen LogP contribution is -2.04. The SMILES string of the molecule is COC(=O)c1ccc2c(c1)NC(=O)/C2=C/c1ccccc1OCc1ccccc1. The molecule has 0 saturated carbocycles. The highest BCUT2D eigenvalue weighted by molar-refractivity contribution is 6.35. The van der Waals surface area contributed by atoms with Gasteiger partial charge in [-0.15, -0.1) is 0 Å². The summed E-state index contributed by atoms with van der Waals surface area (Å²) in [5.41, 5.74) is 4.10. The van der Waals surface area contributed by atoms with Crippen LogP contribution in [0.5, 0.6) is 5.75 Å². The number of fused-ring (bicyclic) bond motifs is 1. The van der Waals surface area contributed by atoms with Gasteiger partial charge < -0.3 is 14.8 Å². The van der Waals surface area contributed by atoms with Gasteiger partial charge in [-0.3, -0.25) is 4.79 Å². The lowest BCUT2D eigenvalue weighted by Gasteiger charge is -2.10. The summed E-state index contributed by atoms with van der Waals surface area (Å²) < 4.78 is 10.7. The van der Waals surface area contributed by atoms with Crippen molar-refractivity contribution in [1.29, 1.82) is 0 Å². The Morgan fingerprint density at radius 1 is 1.00 bits per heavy atom. The summed E-state index contributed by atoms with van der Waals surface area (Å²) in [6.07, 6.45) is 1.80. The molecule has 0 aliphatic carbocycles. The molecule has 1 heterocycles. The van der Waals surface area contributed by atoms with Crippen molar-refractivity contribution in [3.8, 4) is 5.75 Å². The number of rotatable bonds is 5. The second-order valence-electron chi connectivity index (χ2n) is 6.58. The summed E-state index contributed by atoms with van der Waals surface area (Å²) in [5, 5.41) is 2.81. The fourth-order valence-electron chi connectivity index (χ4n) is 3.20. The van der Waals surface area contributed by atoms with E-state index in [9.17, 15) is 9.59 Å². The molecule has 4 rings (SSSR count). The average molecular weight is 385 g/mol. The maximum absolute atomic E-state index is 12.5. The van der Waals surface area contributed by atoms with E-state index in [4.69, 9.17) is 9.47 Å². The summed E-state index contributed by atoms with van der Waals surface area (Å²) in [6, 6.07) is 22.5. The number of nitrogens with one attached hydrogen (secondary N) is 1. The summed E-state index contributed by atoms with van der Waals surface area (Å²) in [4.78, 5) is 24.3. The first-order chi connectivity index (χ1) is 14.2. The summed E-state index contributed by atoms with van der Waals surface area (Å²) in [7, 11) is 1.33. The van der Waals surface area contributed by atoms with E-state index >= 15 is 0 Å². The molecule has 1 aliphatic heterocycles. The highest BCUT2D eigenvalue weighted by Crippen LogP contribution is 2.35. The number of carbonyl (C=O) groups excluding carboxylic acids is 2. The Morgan fingerprint density at radius 3 is 2.55 bits per heavy atom. The zero-order valence-electron chi connectivity index (χ0n) is 15.8. The van der Waals surface area contributed by atoms with Crippen molar-refractivity contribution < 1.29 is 19.1 Å². The van der Waals surface area contributed by atoms with Crippen LogP contribution in [-0.4, -0.2) is 19.0 Å². The smallest absolute Gasteiger partial charge is 0.337 e. The zero-order valence-corrected chi connectivity index (χ0v) is 15.8. The van der Waals surface area contributed by atoms with Crippen LogP contribution in [0.4, 0.5) is 5.69 Å². The number of methoxy groups -OCH3 is 1. The van der Waals surface area contributed by atoms with Gasteiger partial charge in [-0.25, -0.2) is 4.79 Å². The monoisotopic (exact) mass is 385 g/mol. The highest BCUT2D eigenvalue weighted by atomic mass is 16.5. The molecule has 0 spiro atoms. The first-order valence-electron chi connectivity index (χ1n) is 9.17. The Hall–Kier alpha value is -3.86. The predicted octanol–water partition coefficient (Wildman–Crippen LogP) is 4.54. The van der Waals surface area contributed by atoms with E-state index in [0.717, 1.165) is 16.7 Å². The van der Waals surface area contributed by atoms with Crippen molar-refractivity contribution in [3.63, 3.8) is 0 Å². The van der Waals surface area contributed by atoms with E-state index in [1.165, 1.54) is 7.11 Å². The third kappa shape index (κ3) is 3.89. The van der Waals surface area contributed by atoms with Crippen LogP contribution in [0.15, 0.2) is 72.8 Å². The molecule has 1 N–H and O–H groups in total. The van der Waals surface area contributed by atoms with Crippen LogP contribution in [0.3, 0.4) is 0 Å². The molecule has 0 bridgehead atoms. The Bertz CT molecular complexity index is 1100. The van der Waals surface area contributed by atoms with E-state index in [2.05, 4.69) is 5.32 Å². The van der Waals surface area contributed by atoms with Gasteiger partial charge in [-0.2, -0.15) is 0 Å². The Labute approximate surface area is 168 Å². The number of ether oxygens (including phenoxy) is 2. The van der Waals surface area contributed by atoms with Gasteiger partial charge in [-0.1, -0.05) is 54.6 Å². The van der Waals surface area contributed by atoms with E-state index in [-0.39, 0.29) is 5.91 Å². The molecular formula is C24H19NO4. The van der Waals surface area contributed by atoms with Crippen molar-refractivity contribution in [2.45, 2.75) is 6.61 Å². The van der Waals surface area contributed by atoms with Gasteiger partial charge in [0.05, 0.1) is 12.7 Å². The van der Waals surface area contributed by atoms with Gasteiger partial charge in [0.25, 0.3) is 5.91 Å². The van der Waals surface area contributed by atoms with Gasteiger partial charge in [0.1, 0.15) is 12.4 Å². The molecule has 0 aromatic heterocycles. The molecular weight excluding hydrogens is 366 g/mol. The van der Waals surface area contributed by atoms with E-state index < -0.39 is 5.97 Å². The molecule has 29 heavy (non-hydrogen) atoms. The van der Waals surface area contributed by atoms with Crippen LogP contribution in [0.25, 0.3) is 11.6 Å². The molecule has 5 heteroatoms. The molecule has 3 aromatic rings. The number of hydrogen-bond acceptors (Lipinski definition) is 4. The molecule has 0 unspecified atom stereocenters. The van der Waals surface area contributed by atoms with Gasteiger partial charge in [0.2, 0.25) is 0 Å². The van der Waals surface area contributed by atoms with Crippen LogP contribution < -0.4 is 10.1 Å². The van der Waals surface area contributed by atoms with E-state index in [1.54, 1.807) is 24.3 Å². The van der Waals surface area contributed by atoms with E-state index in [1.807, 2.05) is 54.6 Å². The fraction of sp³-hybridized carbons (Fsp3) is 0.0833. The van der Waals surface area contributed by atoms with Crippen LogP contribution in [-0.2, 0) is 16.1 Å². The number of esters is 1. The van der Waals surface area contributed by atoms with Crippen LogP contribution in [0.2, 0.25) is 0 Å². The Morgan fingerprint density at radius 2 is 1.76 bits per heavy atom. The van der Waals surface area contributed by atoms with Crippen molar-refractivity contribution in [3.05, 3.63) is 95.1 Å². The molecule has 1 aliphatic rings. The summed E-state index contributed by atoms with van der Waals surface area (Å²) in [5.74, 6) is 0.0234. The Balaban J connectivity index is 1.64. The highest BCUT2D eigenvalue weighted by Gasteiger charge is 2.25. The van der Waals surface area contributed by atoms with Crippen molar-refractivity contribution in [2.75, 3.05) is 12.4 Å². The van der Waals surface area contributed by atoms with Gasteiger partial charge in [0.15, 0.2) is 0 Å². The fourth-order valence-corrected chi connectivity index (χ4v) is 3.20. The minimum Gasteiger partial charge on any atom is -0.488 e. The lowest BCUT2D eigenvalue weighted by molar-refractivity contribution is -0.110. The first kappa shape index (κ1) is 18.5. The van der Waals surface area contributed by atoms with Gasteiger partial charge in [-0.05, 0) is 29.8 Å². The second-order valence-corrected chi connectivity index (χ2v) is 6.58. The van der Waals surface area contributed by atoms with Gasteiger partial charge in [0, 0.05) is 22.4 Å². The number of hydrogen-bond donors (Lipinski definition) is 1. The third-order valence-corrected chi connectivity index (χ3v) is 4.68. The zero-order chi connectivity index (χ0) is 20.2. The molecule has 5 nitrogen and oxygen atoms in total. The van der Waals surface area contributed by atoms with Crippen molar-refractivity contribution in [2.24, 2.45) is 0 Å². The molecule has 3 aromatic carbocycles. The largest absolute Gasteiger partial charge is 0.488 e. The minimum atomic E-state index is -0.445. The summed E-state index contributed by atoms with van der Waals surface area (Å²) in [6.45, 7) is 0.437. The summed E-state index contributed by atoms with van der Waals surface area (Å²) >= 11 is 0. The normalized spacial score (nSPS) is 13.7. The molecule has 0 radical (unpaired) electrons. The number of carbonyl (C=O) groups is 2. The molecule has 1 amide bonds. The predicted molar refractivity (Wildman–Crippen MR) is 111 cm³/mol. The number of anilines is 1. The van der Waals surface area contributed by atoms with Crippen molar-refractivity contribution in [1.82, 2.24) is 0 Å². The first-order valence-corrected chi connectivity index (χ1v) is 9.17. The minimum absolute atomic E-state index is 0.222. The number of para-hydroxylation sites is 1. The van der Waals surface area contributed by atoms with Gasteiger partial charge >= 0.3 is 5.97 Å². The topological polar surface area (TPSA) is 64.6 Å². The molecule has 0 fully saturated rings. The van der Waals surface area contributed by atoms with E-state index in [0.29, 0.717) is 29.2 Å². The molecule has 144 valence electrons. The maximum atomic E-state index is 12.5. The van der Waals surface area contributed by atoms with Crippen molar-refractivity contribution >= 4 is 29.2 Å². The maximum Gasteiger partial charge on any atom is 0.337 e. The quantitative estimate of drug-likeness (QED) is 0.517. The standard InChI is InChI=1S/C24H19NO4/c1-28-24(27)18-11-12-19-20(23(26)25-21(19)14-18)13-17-9-5-6-10-22(17)29-15-16-7-3-2-4-8-16/h2-14H,15H2,1H3,(H,25,26)/b20-13+.